The number of aromatic nitrogens is 3. The van der Waals surface area contributed by atoms with Gasteiger partial charge in [-0.15, -0.1) is 24.0 Å². The Morgan fingerprint density at radius 1 is 1.10 bits per heavy atom. The van der Waals surface area contributed by atoms with E-state index >= 15 is 0 Å². The Labute approximate surface area is 193 Å². The zero-order valence-corrected chi connectivity index (χ0v) is 19.9. The van der Waals surface area contributed by atoms with Crippen LogP contribution in [0.15, 0.2) is 53.9 Å². The molecule has 160 valence electrons. The van der Waals surface area contributed by atoms with Crippen LogP contribution in [-0.2, 0) is 6.54 Å². The zero-order valence-electron chi connectivity index (χ0n) is 17.5. The second kappa shape index (κ2) is 11.4. The lowest BCUT2D eigenvalue weighted by molar-refractivity contribution is 0.355. The van der Waals surface area contributed by atoms with E-state index in [0.29, 0.717) is 24.0 Å². The molecule has 0 aliphatic rings. The van der Waals surface area contributed by atoms with Crippen LogP contribution >= 0.6 is 24.0 Å². The average molecular weight is 522 g/mol. The molecule has 8 nitrogen and oxygen atoms in total. The maximum absolute atomic E-state index is 5.36. The lowest BCUT2D eigenvalue weighted by Gasteiger charge is -2.14. The molecule has 0 bridgehead atoms. The van der Waals surface area contributed by atoms with E-state index in [1.165, 1.54) is 0 Å². The van der Waals surface area contributed by atoms with Gasteiger partial charge in [0.05, 0.1) is 20.8 Å². The minimum atomic E-state index is 0. The number of halogens is 1. The van der Waals surface area contributed by atoms with Gasteiger partial charge < -0.3 is 20.1 Å². The van der Waals surface area contributed by atoms with Gasteiger partial charge in [0.25, 0.3) is 0 Å². The van der Waals surface area contributed by atoms with Crippen molar-refractivity contribution in [2.45, 2.75) is 20.4 Å². The van der Waals surface area contributed by atoms with Crippen LogP contribution in [0.5, 0.6) is 11.5 Å². The van der Waals surface area contributed by atoms with Gasteiger partial charge >= 0.3 is 0 Å². The third-order valence-electron chi connectivity index (χ3n) is 4.29. The van der Waals surface area contributed by atoms with Crippen molar-refractivity contribution in [1.82, 2.24) is 19.9 Å². The van der Waals surface area contributed by atoms with E-state index in [1.54, 1.807) is 20.4 Å². The minimum absolute atomic E-state index is 0. The van der Waals surface area contributed by atoms with Crippen molar-refractivity contribution in [3.8, 4) is 17.3 Å². The van der Waals surface area contributed by atoms with Gasteiger partial charge in [0.2, 0.25) is 0 Å². The Morgan fingerprint density at radius 2 is 1.90 bits per heavy atom. The number of pyridine rings is 1. The van der Waals surface area contributed by atoms with Gasteiger partial charge in [0, 0.05) is 36.9 Å². The Hall–Kier alpha value is -2.82. The minimum Gasteiger partial charge on any atom is -0.493 e. The number of anilines is 1. The van der Waals surface area contributed by atoms with Crippen molar-refractivity contribution in [1.29, 1.82) is 0 Å². The van der Waals surface area contributed by atoms with Crippen LogP contribution in [-0.4, -0.2) is 41.3 Å². The number of nitrogens with zero attached hydrogens (tertiary/aromatic N) is 4. The zero-order chi connectivity index (χ0) is 20.6. The highest BCUT2D eigenvalue weighted by Crippen LogP contribution is 2.29. The second-order valence-corrected chi connectivity index (χ2v) is 6.26. The maximum atomic E-state index is 5.36. The number of nitrogens with one attached hydrogen (secondary N) is 2. The first-order valence-electron chi connectivity index (χ1n) is 9.37. The molecule has 0 aliphatic carbocycles. The number of imidazole rings is 1. The number of ether oxygens (including phenoxy) is 2. The molecule has 0 spiro atoms. The van der Waals surface area contributed by atoms with Crippen LogP contribution in [0.25, 0.3) is 5.82 Å². The van der Waals surface area contributed by atoms with Crippen LogP contribution in [0.2, 0.25) is 0 Å². The average Bonchev–Trinajstić information content (AvgIpc) is 3.18. The van der Waals surface area contributed by atoms with E-state index in [2.05, 4.69) is 25.6 Å². The summed E-state index contributed by atoms with van der Waals surface area (Å²) in [5.74, 6) is 3.75. The number of hydrogen-bond acceptors (Lipinski definition) is 5. The summed E-state index contributed by atoms with van der Waals surface area (Å²) in [6.07, 6.45) is 5.49. The highest BCUT2D eigenvalue weighted by atomic mass is 127. The molecule has 2 aromatic heterocycles. The molecule has 0 saturated heterocycles. The van der Waals surface area contributed by atoms with Gasteiger partial charge in [-0.05, 0) is 37.6 Å². The Bertz CT molecular complexity index is 972. The first-order chi connectivity index (χ1) is 14.1. The first kappa shape index (κ1) is 23.5. The number of hydrogen-bond donors (Lipinski definition) is 2. The molecule has 2 heterocycles. The molecule has 0 saturated carbocycles. The predicted octanol–water partition coefficient (Wildman–Crippen LogP) is 3.79. The van der Waals surface area contributed by atoms with Crippen molar-refractivity contribution < 1.29 is 9.47 Å². The molecule has 0 unspecified atom stereocenters. The molecule has 0 atom stereocenters. The highest BCUT2D eigenvalue weighted by molar-refractivity contribution is 14.0. The maximum Gasteiger partial charge on any atom is 0.196 e. The summed E-state index contributed by atoms with van der Waals surface area (Å²) in [5.41, 5.74) is 1.86. The fourth-order valence-corrected chi connectivity index (χ4v) is 2.80. The van der Waals surface area contributed by atoms with Crippen LogP contribution < -0.4 is 20.1 Å². The van der Waals surface area contributed by atoms with E-state index in [4.69, 9.17) is 9.47 Å². The lowest BCUT2D eigenvalue weighted by Crippen LogP contribution is -2.30. The smallest absolute Gasteiger partial charge is 0.196 e. The molecule has 0 fully saturated rings. The van der Waals surface area contributed by atoms with E-state index in [-0.39, 0.29) is 24.0 Å². The van der Waals surface area contributed by atoms with E-state index in [0.717, 1.165) is 29.4 Å². The molecule has 2 N–H and O–H groups in total. The molecule has 9 heteroatoms. The number of benzene rings is 1. The summed E-state index contributed by atoms with van der Waals surface area (Å²) in [5, 5.41) is 6.53. The van der Waals surface area contributed by atoms with Crippen molar-refractivity contribution in [3.05, 3.63) is 60.3 Å². The molecule has 0 amide bonds. The van der Waals surface area contributed by atoms with Gasteiger partial charge in [-0.1, -0.05) is 6.07 Å². The summed E-state index contributed by atoms with van der Waals surface area (Å²) < 4.78 is 12.6. The number of guanidine groups is 1. The van der Waals surface area contributed by atoms with Gasteiger partial charge in [-0.2, -0.15) is 0 Å². The fraction of sp³-hybridized carbons (Fsp3) is 0.286. The molecule has 0 aliphatic heterocycles. The van der Waals surface area contributed by atoms with Crippen molar-refractivity contribution in [2.75, 3.05) is 26.1 Å². The van der Waals surface area contributed by atoms with Gasteiger partial charge in [0.15, 0.2) is 17.5 Å². The third kappa shape index (κ3) is 5.85. The summed E-state index contributed by atoms with van der Waals surface area (Å²) in [6, 6.07) is 9.62. The number of methoxy groups -OCH3 is 2. The SMILES string of the molecule is CCNC(=NCc1ccc(-n2ccnc2C)nc1)Nc1ccc(OC)c(OC)c1.I. The topological polar surface area (TPSA) is 85.6 Å². The number of rotatable bonds is 7. The monoisotopic (exact) mass is 522 g/mol. The second-order valence-electron chi connectivity index (χ2n) is 6.26. The van der Waals surface area contributed by atoms with Crippen molar-refractivity contribution in [2.24, 2.45) is 4.99 Å². The van der Waals surface area contributed by atoms with E-state index in [9.17, 15) is 0 Å². The number of aliphatic imine (C=N–C) groups is 1. The molecular formula is C21H27IN6O2. The molecular weight excluding hydrogens is 495 g/mol. The summed E-state index contributed by atoms with van der Waals surface area (Å²) in [7, 11) is 3.23. The normalized spacial score (nSPS) is 10.9. The predicted molar refractivity (Wildman–Crippen MR) is 129 cm³/mol. The van der Waals surface area contributed by atoms with Gasteiger partial charge in [0.1, 0.15) is 11.6 Å². The Morgan fingerprint density at radius 3 is 2.50 bits per heavy atom. The Kier molecular flexibility index (Phi) is 8.90. The van der Waals surface area contributed by atoms with E-state index in [1.807, 2.05) is 61.1 Å². The molecule has 3 rings (SSSR count). The Balaban J connectivity index is 0.00000320. The lowest BCUT2D eigenvalue weighted by atomic mass is 10.2. The van der Waals surface area contributed by atoms with Gasteiger partial charge in [-0.3, -0.25) is 4.57 Å². The third-order valence-corrected chi connectivity index (χ3v) is 4.29. The molecule has 3 aromatic rings. The first-order valence-corrected chi connectivity index (χ1v) is 9.37. The number of aryl methyl sites for hydroxylation is 1. The summed E-state index contributed by atoms with van der Waals surface area (Å²) in [4.78, 5) is 13.4. The molecule has 1 aromatic carbocycles. The van der Waals surface area contributed by atoms with Crippen LogP contribution in [0, 0.1) is 6.92 Å². The fourth-order valence-electron chi connectivity index (χ4n) is 2.80. The highest BCUT2D eigenvalue weighted by Gasteiger charge is 2.07. The van der Waals surface area contributed by atoms with Crippen LogP contribution in [0.4, 0.5) is 5.69 Å². The van der Waals surface area contributed by atoms with Crippen molar-refractivity contribution >= 4 is 35.6 Å². The quantitative estimate of drug-likeness (QED) is 0.279. The standard InChI is InChI=1S/C21H26N6O2.HI/c1-5-22-21(26-17-7-8-18(28-3)19(12-17)29-4)25-14-16-6-9-20(24-13-16)27-11-10-23-15(27)2;/h6-13H,5,14H2,1-4H3,(H2,22,25,26);1H. The molecule has 0 radical (unpaired) electrons. The van der Waals surface area contributed by atoms with Crippen LogP contribution in [0.3, 0.4) is 0 Å². The van der Waals surface area contributed by atoms with Crippen molar-refractivity contribution in [3.63, 3.8) is 0 Å². The van der Waals surface area contributed by atoms with Gasteiger partial charge in [-0.25, -0.2) is 15.0 Å². The largest absolute Gasteiger partial charge is 0.493 e. The summed E-state index contributed by atoms with van der Waals surface area (Å²) in [6.45, 7) is 5.22. The summed E-state index contributed by atoms with van der Waals surface area (Å²) >= 11 is 0. The van der Waals surface area contributed by atoms with Crippen LogP contribution in [0.1, 0.15) is 18.3 Å². The molecule has 30 heavy (non-hydrogen) atoms. The van der Waals surface area contributed by atoms with E-state index < -0.39 is 0 Å².